The molecule has 1 heterocycles. The van der Waals surface area contributed by atoms with Crippen molar-refractivity contribution < 1.29 is 9.59 Å². The van der Waals surface area contributed by atoms with Crippen molar-refractivity contribution in [3.05, 3.63) is 0 Å². The van der Waals surface area contributed by atoms with Gasteiger partial charge in [0.15, 0.2) is 0 Å². The second-order valence-electron chi connectivity index (χ2n) is 6.41. The molecule has 0 aromatic carbocycles. The molecule has 1 N–H and O–H groups in total. The van der Waals surface area contributed by atoms with E-state index in [1.54, 1.807) is 0 Å². The molecule has 2 atom stereocenters. The van der Waals surface area contributed by atoms with Crippen LogP contribution in [0.1, 0.15) is 72.1 Å². The van der Waals surface area contributed by atoms with Crippen LogP contribution >= 0.6 is 0 Å². The van der Waals surface area contributed by atoms with Gasteiger partial charge in [0.1, 0.15) is 11.6 Å². The molecule has 1 saturated heterocycles. The minimum Gasteiger partial charge on any atom is -0.340 e. The molecule has 2 unspecified atom stereocenters. The molecule has 4 nitrogen and oxygen atoms in total. The van der Waals surface area contributed by atoms with Crippen molar-refractivity contribution in [2.45, 2.75) is 89.8 Å². The Morgan fingerprint density at radius 1 is 1.25 bits per heavy atom. The molecule has 0 bridgehead atoms. The summed E-state index contributed by atoms with van der Waals surface area (Å²) in [5.74, 6) is 0.224. The Labute approximate surface area is 122 Å². The predicted molar refractivity (Wildman–Crippen MR) is 79.3 cm³/mol. The third-order valence-electron chi connectivity index (χ3n) is 4.92. The van der Waals surface area contributed by atoms with Crippen LogP contribution in [0.5, 0.6) is 0 Å². The van der Waals surface area contributed by atoms with Gasteiger partial charge in [-0.2, -0.15) is 0 Å². The van der Waals surface area contributed by atoms with E-state index >= 15 is 0 Å². The standard InChI is InChI=1S/C16H28N2O2/c1-4-9-12(3)18-13(5-2)14(19)17-16(15(18)20)10-7-6-8-11-16/h12-13H,4-11H2,1-3H3,(H,17,19). The highest BCUT2D eigenvalue weighted by molar-refractivity contribution is 6.00. The highest BCUT2D eigenvalue weighted by Gasteiger charge is 2.51. The van der Waals surface area contributed by atoms with Gasteiger partial charge in [-0.3, -0.25) is 9.59 Å². The highest BCUT2D eigenvalue weighted by Crippen LogP contribution is 2.35. The Hall–Kier alpha value is -1.06. The lowest BCUT2D eigenvalue weighted by Crippen LogP contribution is -2.72. The quantitative estimate of drug-likeness (QED) is 0.860. The summed E-state index contributed by atoms with van der Waals surface area (Å²) in [6.45, 7) is 6.20. The predicted octanol–water partition coefficient (Wildman–Crippen LogP) is 2.61. The molecule has 114 valence electrons. The molecule has 2 fully saturated rings. The van der Waals surface area contributed by atoms with Gasteiger partial charge >= 0.3 is 0 Å². The fraction of sp³-hybridized carbons (Fsp3) is 0.875. The number of hydrogen-bond acceptors (Lipinski definition) is 2. The van der Waals surface area contributed by atoms with Crippen molar-refractivity contribution in [3.63, 3.8) is 0 Å². The van der Waals surface area contributed by atoms with Crippen LogP contribution in [-0.2, 0) is 9.59 Å². The van der Waals surface area contributed by atoms with E-state index in [0.29, 0.717) is 6.42 Å². The van der Waals surface area contributed by atoms with Crippen molar-refractivity contribution in [2.24, 2.45) is 0 Å². The number of nitrogens with one attached hydrogen (secondary N) is 1. The van der Waals surface area contributed by atoms with E-state index in [4.69, 9.17) is 0 Å². The Morgan fingerprint density at radius 3 is 2.45 bits per heavy atom. The maximum Gasteiger partial charge on any atom is 0.249 e. The average molecular weight is 280 g/mol. The van der Waals surface area contributed by atoms with Crippen LogP contribution in [0, 0.1) is 0 Å². The minimum absolute atomic E-state index is 0.0527. The Morgan fingerprint density at radius 2 is 1.90 bits per heavy atom. The zero-order valence-corrected chi connectivity index (χ0v) is 13.1. The lowest BCUT2D eigenvalue weighted by molar-refractivity contribution is -0.159. The van der Waals surface area contributed by atoms with E-state index in [0.717, 1.165) is 38.5 Å². The van der Waals surface area contributed by atoms with E-state index < -0.39 is 5.54 Å². The fourth-order valence-corrected chi connectivity index (χ4v) is 3.83. The fourth-order valence-electron chi connectivity index (χ4n) is 3.83. The molecule has 2 amide bonds. The Balaban J connectivity index is 2.28. The average Bonchev–Trinajstić information content (AvgIpc) is 2.43. The van der Waals surface area contributed by atoms with Crippen molar-refractivity contribution >= 4 is 11.8 Å². The number of carbonyl (C=O) groups excluding carboxylic acids is 2. The summed E-state index contributed by atoms with van der Waals surface area (Å²) in [4.78, 5) is 27.4. The molecule has 1 aliphatic heterocycles. The van der Waals surface area contributed by atoms with Crippen molar-refractivity contribution in [3.8, 4) is 0 Å². The first-order valence-corrected chi connectivity index (χ1v) is 8.20. The monoisotopic (exact) mass is 280 g/mol. The van der Waals surface area contributed by atoms with Crippen LogP contribution in [-0.4, -0.2) is 34.3 Å². The summed E-state index contributed by atoms with van der Waals surface area (Å²) in [6, 6.07) is -0.126. The summed E-state index contributed by atoms with van der Waals surface area (Å²) in [6.07, 6.45) is 7.57. The normalized spacial score (nSPS) is 27.6. The molecule has 0 radical (unpaired) electrons. The number of rotatable bonds is 4. The molecule has 0 aromatic rings. The van der Waals surface area contributed by atoms with E-state index in [1.165, 1.54) is 6.42 Å². The van der Waals surface area contributed by atoms with E-state index in [9.17, 15) is 9.59 Å². The lowest BCUT2D eigenvalue weighted by Gasteiger charge is -2.49. The molecule has 1 spiro atoms. The summed E-state index contributed by atoms with van der Waals surface area (Å²) >= 11 is 0. The van der Waals surface area contributed by atoms with Gasteiger partial charge in [-0.25, -0.2) is 0 Å². The number of piperazine rings is 1. The summed E-state index contributed by atoms with van der Waals surface area (Å²) < 4.78 is 0. The zero-order valence-electron chi connectivity index (χ0n) is 13.1. The van der Waals surface area contributed by atoms with Gasteiger partial charge in [0, 0.05) is 6.04 Å². The zero-order chi connectivity index (χ0) is 14.8. The maximum atomic E-state index is 13.0. The molecule has 1 saturated carbocycles. The van der Waals surface area contributed by atoms with Gasteiger partial charge in [0.25, 0.3) is 0 Å². The van der Waals surface area contributed by atoms with Gasteiger partial charge in [0.2, 0.25) is 11.8 Å². The maximum absolute atomic E-state index is 13.0. The Kier molecular flexibility index (Phi) is 4.71. The third-order valence-corrected chi connectivity index (χ3v) is 4.92. The van der Waals surface area contributed by atoms with Gasteiger partial charge in [0.05, 0.1) is 0 Å². The topological polar surface area (TPSA) is 49.4 Å². The van der Waals surface area contributed by atoms with Crippen LogP contribution in [0.25, 0.3) is 0 Å². The smallest absolute Gasteiger partial charge is 0.249 e. The van der Waals surface area contributed by atoms with Crippen molar-refractivity contribution in [2.75, 3.05) is 0 Å². The second kappa shape index (κ2) is 6.15. The molecule has 1 aliphatic carbocycles. The summed E-state index contributed by atoms with van der Waals surface area (Å²) in [5, 5.41) is 3.08. The Bertz CT molecular complexity index is 375. The SMILES string of the molecule is CCCC(C)N1C(=O)C2(CCCCC2)NC(=O)C1CC. The van der Waals surface area contributed by atoms with Crippen molar-refractivity contribution in [1.29, 1.82) is 0 Å². The molecule has 2 aliphatic rings. The summed E-state index contributed by atoms with van der Waals surface area (Å²) in [7, 11) is 0. The first kappa shape index (κ1) is 15.3. The number of carbonyl (C=O) groups is 2. The largest absolute Gasteiger partial charge is 0.340 e. The van der Waals surface area contributed by atoms with Gasteiger partial charge < -0.3 is 10.2 Å². The number of hydrogen-bond donors (Lipinski definition) is 1. The van der Waals surface area contributed by atoms with Crippen LogP contribution in [0.2, 0.25) is 0 Å². The molecular formula is C16H28N2O2. The van der Waals surface area contributed by atoms with E-state index in [2.05, 4.69) is 19.2 Å². The van der Waals surface area contributed by atoms with Gasteiger partial charge in [-0.05, 0) is 32.6 Å². The highest BCUT2D eigenvalue weighted by atomic mass is 16.2. The molecule has 0 aromatic heterocycles. The van der Waals surface area contributed by atoms with E-state index in [1.807, 2.05) is 11.8 Å². The van der Waals surface area contributed by atoms with Crippen LogP contribution < -0.4 is 5.32 Å². The first-order chi connectivity index (χ1) is 9.55. The molecule has 20 heavy (non-hydrogen) atoms. The van der Waals surface area contributed by atoms with Crippen LogP contribution in [0.4, 0.5) is 0 Å². The van der Waals surface area contributed by atoms with Crippen molar-refractivity contribution in [1.82, 2.24) is 10.2 Å². The number of nitrogens with zero attached hydrogens (tertiary/aromatic N) is 1. The van der Waals surface area contributed by atoms with Gasteiger partial charge in [-0.15, -0.1) is 0 Å². The molecular weight excluding hydrogens is 252 g/mol. The first-order valence-electron chi connectivity index (χ1n) is 8.20. The van der Waals surface area contributed by atoms with Crippen LogP contribution in [0.15, 0.2) is 0 Å². The van der Waals surface area contributed by atoms with E-state index in [-0.39, 0.29) is 23.9 Å². The lowest BCUT2D eigenvalue weighted by atomic mass is 9.77. The van der Waals surface area contributed by atoms with Crippen LogP contribution in [0.3, 0.4) is 0 Å². The van der Waals surface area contributed by atoms with Gasteiger partial charge in [-0.1, -0.05) is 39.5 Å². The second-order valence-corrected chi connectivity index (χ2v) is 6.41. The minimum atomic E-state index is -0.594. The molecule has 2 rings (SSSR count). The third kappa shape index (κ3) is 2.57. The molecule has 4 heteroatoms. The number of amides is 2. The summed E-state index contributed by atoms with van der Waals surface area (Å²) in [5.41, 5.74) is -0.594.